The van der Waals surface area contributed by atoms with Crippen LogP contribution >= 0.6 is 0 Å². The van der Waals surface area contributed by atoms with Gasteiger partial charge in [-0.25, -0.2) is 0 Å². The zero-order valence-electron chi connectivity index (χ0n) is 9.12. The van der Waals surface area contributed by atoms with Crippen LogP contribution in [0.1, 0.15) is 5.69 Å². The van der Waals surface area contributed by atoms with Gasteiger partial charge in [-0.1, -0.05) is 0 Å². The van der Waals surface area contributed by atoms with Gasteiger partial charge in [0, 0.05) is 32.3 Å². The van der Waals surface area contributed by atoms with Crippen LogP contribution in [0.25, 0.3) is 0 Å². The third-order valence-electron chi connectivity index (χ3n) is 2.86. The molecule has 1 aliphatic rings. The van der Waals surface area contributed by atoms with Crippen molar-refractivity contribution in [2.24, 2.45) is 0 Å². The number of pyridine rings is 1. The summed E-state index contributed by atoms with van der Waals surface area (Å²) in [6, 6.07) is 3.91. The molecule has 1 saturated heterocycles. The van der Waals surface area contributed by atoms with Crippen LogP contribution in [-0.4, -0.2) is 37.9 Å². The fourth-order valence-electron chi connectivity index (χ4n) is 1.71. The van der Waals surface area contributed by atoms with Crippen LogP contribution < -0.4 is 10.1 Å². The smallest absolute Gasteiger partial charge is 0.137 e. The molecule has 1 N–H and O–H groups in total. The van der Waals surface area contributed by atoms with E-state index >= 15 is 0 Å². The van der Waals surface area contributed by atoms with E-state index in [1.54, 1.807) is 20.4 Å². The zero-order chi connectivity index (χ0) is 10.7. The van der Waals surface area contributed by atoms with Crippen LogP contribution in [0.5, 0.6) is 5.75 Å². The van der Waals surface area contributed by atoms with Crippen LogP contribution in [0.2, 0.25) is 0 Å². The van der Waals surface area contributed by atoms with Crippen molar-refractivity contribution in [3.8, 4) is 5.75 Å². The minimum atomic E-state index is -0.0540. The maximum atomic E-state index is 5.50. The Labute approximate surface area is 89.6 Å². The summed E-state index contributed by atoms with van der Waals surface area (Å²) < 4.78 is 10.6. The van der Waals surface area contributed by atoms with Gasteiger partial charge in [-0.2, -0.15) is 0 Å². The monoisotopic (exact) mass is 208 g/mol. The van der Waals surface area contributed by atoms with Crippen molar-refractivity contribution in [2.45, 2.75) is 12.0 Å². The van der Waals surface area contributed by atoms with Crippen molar-refractivity contribution in [3.05, 3.63) is 24.0 Å². The van der Waals surface area contributed by atoms with Gasteiger partial charge in [0.25, 0.3) is 0 Å². The van der Waals surface area contributed by atoms with E-state index in [4.69, 9.17) is 9.47 Å². The molecule has 0 radical (unpaired) electrons. The van der Waals surface area contributed by atoms with Crippen LogP contribution in [0, 0.1) is 0 Å². The van der Waals surface area contributed by atoms with Crippen LogP contribution in [0.15, 0.2) is 18.3 Å². The first-order chi connectivity index (χ1) is 7.28. The van der Waals surface area contributed by atoms with Crippen LogP contribution in [-0.2, 0) is 11.2 Å². The number of hydrogen-bond acceptors (Lipinski definition) is 4. The summed E-state index contributed by atoms with van der Waals surface area (Å²) >= 11 is 0. The molecule has 4 nitrogen and oxygen atoms in total. The van der Waals surface area contributed by atoms with Gasteiger partial charge < -0.3 is 14.8 Å². The average Bonchev–Trinajstić information content (AvgIpc) is 2.24. The highest BCUT2D eigenvalue weighted by Crippen LogP contribution is 2.21. The van der Waals surface area contributed by atoms with Crippen LogP contribution in [0.3, 0.4) is 0 Å². The predicted molar refractivity (Wildman–Crippen MR) is 57.1 cm³/mol. The Morgan fingerprint density at radius 1 is 1.40 bits per heavy atom. The molecule has 0 saturated carbocycles. The van der Waals surface area contributed by atoms with Crippen molar-refractivity contribution in [3.63, 3.8) is 0 Å². The second kappa shape index (κ2) is 4.16. The Morgan fingerprint density at radius 3 is 2.60 bits per heavy atom. The van der Waals surface area contributed by atoms with Crippen molar-refractivity contribution in [2.75, 3.05) is 27.3 Å². The SMILES string of the molecule is COc1ccc(CC2(OC)CNC2)nc1. The summed E-state index contributed by atoms with van der Waals surface area (Å²) in [5.41, 5.74) is 0.987. The molecule has 0 bridgehead atoms. The van der Waals surface area contributed by atoms with Crippen molar-refractivity contribution < 1.29 is 9.47 Å². The van der Waals surface area contributed by atoms with E-state index < -0.39 is 0 Å². The number of nitrogens with zero attached hydrogens (tertiary/aromatic N) is 1. The molecule has 0 atom stereocenters. The average molecular weight is 208 g/mol. The lowest BCUT2D eigenvalue weighted by atomic mass is 9.91. The van der Waals surface area contributed by atoms with E-state index in [1.165, 1.54) is 0 Å². The van der Waals surface area contributed by atoms with Gasteiger partial charge >= 0.3 is 0 Å². The van der Waals surface area contributed by atoms with Gasteiger partial charge in [-0.3, -0.25) is 4.98 Å². The van der Waals surface area contributed by atoms with Crippen molar-refractivity contribution in [1.82, 2.24) is 10.3 Å². The largest absolute Gasteiger partial charge is 0.495 e. The van der Waals surface area contributed by atoms with E-state index in [0.29, 0.717) is 0 Å². The predicted octanol–water partition coefficient (Wildman–Crippen LogP) is 0.621. The molecule has 4 heteroatoms. The van der Waals surface area contributed by atoms with Gasteiger partial charge in [-0.15, -0.1) is 0 Å². The first kappa shape index (κ1) is 10.4. The zero-order valence-corrected chi connectivity index (χ0v) is 9.12. The van der Waals surface area contributed by atoms with E-state index in [9.17, 15) is 0 Å². The minimum Gasteiger partial charge on any atom is -0.495 e. The molecule has 2 heterocycles. The number of nitrogens with one attached hydrogen (secondary N) is 1. The Hall–Kier alpha value is -1.13. The summed E-state index contributed by atoms with van der Waals surface area (Å²) in [5, 5.41) is 3.22. The number of methoxy groups -OCH3 is 2. The summed E-state index contributed by atoms with van der Waals surface area (Å²) in [7, 11) is 3.40. The molecule has 0 aromatic carbocycles. The van der Waals surface area contributed by atoms with E-state index in [-0.39, 0.29) is 5.60 Å². The number of hydrogen-bond donors (Lipinski definition) is 1. The van der Waals surface area contributed by atoms with Gasteiger partial charge in [-0.05, 0) is 12.1 Å². The summed E-state index contributed by atoms with van der Waals surface area (Å²) in [6.07, 6.45) is 2.59. The first-order valence-electron chi connectivity index (χ1n) is 5.03. The highest BCUT2D eigenvalue weighted by atomic mass is 16.5. The van der Waals surface area contributed by atoms with Crippen molar-refractivity contribution in [1.29, 1.82) is 0 Å². The summed E-state index contributed by atoms with van der Waals surface area (Å²) in [6.45, 7) is 1.80. The molecule has 0 unspecified atom stereocenters. The number of aromatic nitrogens is 1. The van der Waals surface area contributed by atoms with Crippen molar-refractivity contribution >= 4 is 0 Å². The van der Waals surface area contributed by atoms with Crippen LogP contribution in [0.4, 0.5) is 0 Å². The Kier molecular flexibility index (Phi) is 2.88. The highest BCUT2D eigenvalue weighted by Gasteiger charge is 2.37. The molecule has 0 aliphatic carbocycles. The molecular weight excluding hydrogens is 192 g/mol. The third kappa shape index (κ3) is 2.11. The van der Waals surface area contributed by atoms with Gasteiger partial charge in [0.15, 0.2) is 0 Å². The topological polar surface area (TPSA) is 43.4 Å². The third-order valence-corrected chi connectivity index (χ3v) is 2.86. The first-order valence-corrected chi connectivity index (χ1v) is 5.03. The Bertz CT molecular complexity index is 314. The fourth-order valence-corrected chi connectivity index (χ4v) is 1.71. The second-order valence-corrected chi connectivity index (χ2v) is 3.86. The maximum absolute atomic E-state index is 5.50. The lowest BCUT2D eigenvalue weighted by molar-refractivity contribution is -0.0508. The quantitative estimate of drug-likeness (QED) is 0.787. The maximum Gasteiger partial charge on any atom is 0.137 e. The summed E-state index contributed by atoms with van der Waals surface area (Å²) in [4.78, 5) is 4.33. The molecule has 82 valence electrons. The molecule has 1 aliphatic heterocycles. The Morgan fingerprint density at radius 2 is 2.20 bits per heavy atom. The fraction of sp³-hybridized carbons (Fsp3) is 0.545. The van der Waals surface area contributed by atoms with E-state index in [0.717, 1.165) is 31.0 Å². The van der Waals surface area contributed by atoms with E-state index in [2.05, 4.69) is 10.3 Å². The van der Waals surface area contributed by atoms with Gasteiger partial charge in [0.2, 0.25) is 0 Å². The Balaban J connectivity index is 2.03. The standard InChI is InChI=1S/C11H16N2O2/c1-14-10-4-3-9(13-6-10)5-11(15-2)7-12-8-11/h3-4,6,12H,5,7-8H2,1-2H3. The number of ether oxygens (including phenoxy) is 2. The van der Waals surface area contributed by atoms with E-state index in [1.807, 2.05) is 12.1 Å². The van der Waals surface area contributed by atoms with Gasteiger partial charge in [0.1, 0.15) is 5.75 Å². The summed E-state index contributed by atoms with van der Waals surface area (Å²) in [5.74, 6) is 0.789. The highest BCUT2D eigenvalue weighted by molar-refractivity contribution is 5.21. The second-order valence-electron chi connectivity index (χ2n) is 3.86. The molecule has 0 amide bonds. The van der Waals surface area contributed by atoms with Gasteiger partial charge in [0.05, 0.1) is 18.9 Å². The minimum absolute atomic E-state index is 0.0540. The lowest BCUT2D eigenvalue weighted by Gasteiger charge is -2.41. The lowest BCUT2D eigenvalue weighted by Crippen LogP contribution is -2.61. The molecule has 15 heavy (non-hydrogen) atoms. The molecular formula is C11H16N2O2. The normalized spacial score (nSPS) is 18.3. The molecule has 0 spiro atoms. The molecule has 2 rings (SSSR count). The molecule has 1 aromatic heterocycles. The molecule has 1 fully saturated rings. The number of rotatable bonds is 4. The molecule has 1 aromatic rings.